The largest absolute Gasteiger partial charge is 0.469 e. The molecule has 0 unspecified atom stereocenters. The molecule has 230 valence electrons. The third kappa shape index (κ3) is 16.7. The van der Waals surface area contributed by atoms with Crippen molar-refractivity contribution in [1.82, 2.24) is 14.8 Å². The summed E-state index contributed by atoms with van der Waals surface area (Å²) in [6.45, 7) is 12.5. The van der Waals surface area contributed by atoms with Gasteiger partial charge in [-0.3, -0.25) is 21.5 Å². The Morgan fingerprint density at radius 3 is 1.95 bits per heavy atom. The predicted molar refractivity (Wildman–Crippen MR) is 175 cm³/mol. The molecule has 2 aromatic carbocycles. The maximum absolute atomic E-state index is 10.2. The highest BCUT2D eigenvalue weighted by Gasteiger charge is 2.11. The molecule has 0 amide bonds. The summed E-state index contributed by atoms with van der Waals surface area (Å²) >= 11 is 1.82. The zero-order valence-electron chi connectivity index (χ0n) is 25.8. The van der Waals surface area contributed by atoms with Crippen molar-refractivity contribution in [3.05, 3.63) is 72.1 Å². The topological polar surface area (TPSA) is 153 Å². The van der Waals surface area contributed by atoms with Crippen LogP contribution in [0.15, 0.2) is 65.7 Å². The Balaban J connectivity index is 0. The van der Waals surface area contributed by atoms with Crippen LogP contribution in [0.1, 0.15) is 78.1 Å². The van der Waals surface area contributed by atoms with Gasteiger partial charge in [0.1, 0.15) is 5.82 Å². The molecular formula is C31H52N6O3S. The Hall–Kier alpha value is -3.05. The van der Waals surface area contributed by atoms with Crippen molar-refractivity contribution in [3.8, 4) is 11.4 Å². The smallest absolute Gasteiger partial charge is 0.305 e. The van der Waals surface area contributed by atoms with E-state index in [1.54, 1.807) is 0 Å². The number of aryl methyl sites for hydroxylation is 1. The van der Waals surface area contributed by atoms with Gasteiger partial charge in [-0.1, -0.05) is 95.3 Å². The summed E-state index contributed by atoms with van der Waals surface area (Å²) in [5.74, 6) is 11.1. The van der Waals surface area contributed by atoms with Crippen LogP contribution in [0.25, 0.3) is 11.4 Å². The first-order chi connectivity index (χ1) is 19.6. The summed E-state index contributed by atoms with van der Waals surface area (Å²) in [6.07, 6.45) is 5.73. The summed E-state index contributed by atoms with van der Waals surface area (Å²) in [5.41, 5.74) is 2.39. The van der Waals surface area contributed by atoms with Crippen molar-refractivity contribution >= 4 is 22.8 Å². The standard InChI is InChI=1S/C14H19N3.C12H17NS.C5H10O2.H4N2.H2O/c1-3-8-13-15-16-14(17(13)11-4-2)12-9-6-5-7-10-12;1-3-10-13-12(14-4-2)11-8-6-5-7-9-11;1-3-4-5(6)7-2;1-2;/h5-7,9-10H,3-4,8,11H2,1-2H3;5-9H,3-4,10H2,1-2H3;3-4H2,1-2H3;1-2H2;1H2. The number of rotatable bonds is 11. The van der Waals surface area contributed by atoms with Crippen LogP contribution in [-0.2, 0) is 22.5 Å². The molecule has 6 N–H and O–H groups in total. The van der Waals surface area contributed by atoms with Crippen molar-refractivity contribution in [2.75, 3.05) is 19.4 Å². The lowest BCUT2D eigenvalue weighted by Crippen LogP contribution is -2.05. The van der Waals surface area contributed by atoms with Gasteiger partial charge in [-0.15, -0.1) is 22.0 Å². The highest BCUT2D eigenvalue weighted by Crippen LogP contribution is 2.19. The van der Waals surface area contributed by atoms with Crippen molar-refractivity contribution < 1.29 is 15.0 Å². The number of aromatic nitrogens is 3. The summed E-state index contributed by atoms with van der Waals surface area (Å²) in [7, 11) is 1.40. The molecule has 0 aliphatic heterocycles. The monoisotopic (exact) mass is 588 g/mol. The lowest BCUT2D eigenvalue weighted by Gasteiger charge is -2.08. The fourth-order valence-corrected chi connectivity index (χ4v) is 4.22. The van der Waals surface area contributed by atoms with Crippen LogP contribution in [0.2, 0.25) is 0 Å². The maximum Gasteiger partial charge on any atom is 0.305 e. The molecule has 9 nitrogen and oxygen atoms in total. The van der Waals surface area contributed by atoms with Gasteiger partial charge in [0.2, 0.25) is 0 Å². The Bertz CT molecular complexity index is 1050. The van der Waals surface area contributed by atoms with Gasteiger partial charge >= 0.3 is 5.97 Å². The van der Waals surface area contributed by atoms with Crippen LogP contribution in [0.3, 0.4) is 0 Å². The molecule has 0 radical (unpaired) electrons. The van der Waals surface area contributed by atoms with E-state index in [1.165, 1.54) is 17.7 Å². The number of benzene rings is 2. The summed E-state index contributed by atoms with van der Waals surface area (Å²) in [4.78, 5) is 14.8. The minimum atomic E-state index is -0.123. The van der Waals surface area contributed by atoms with Crippen LogP contribution >= 0.6 is 11.8 Å². The van der Waals surface area contributed by atoms with E-state index in [9.17, 15) is 4.79 Å². The van der Waals surface area contributed by atoms with Crippen molar-refractivity contribution in [2.24, 2.45) is 16.7 Å². The van der Waals surface area contributed by atoms with Crippen LogP contribution < -0.4 is 11.7 Å². The molecule has 0 aliphatic carbocycles. The van der Waals surface area contributed by atoms with Gasteiger partial charge in [0, 0.05) is 37.1 Å². The number of nitrogens with two attached hydrogens (primary N) is 2. The van der Waals surface area contributed by atoms with Crippen molar-refractivity contribution in [1.29, 1.82) is 0 Å². The number of hydrogen-bond acceptors (Lipinski definition) is 8. The number of esters is 1. The Morgan fingerprint density at radius 2 is 1.49 bits per heavy atom. The van der Waals surface area contributed by atoms with E-state index in [0.717, 1.165) is 68.2 Å². The number of thioether (sulfide) groups is 1. The third-order valence-electron chi connectivity index (χ3n) is 5.24. The molecule has 1 aromatic heterocycles. The van der Waals surface area contributed by atoms with Crippen molar-refractivity contribution in [2.45, 2.75) is 79.7 Å². The molecule has 0 spiro atoms. The molecule has 3 rings (SSSR count). The second kappa shape index (κ2) is 27.1. The molecule has 0 aliphatic rings. The van der Waals surface area contributed by atoms with Gasteiger partial charge in [-0.05, 0) is 31.4 Å². The second-order valence-electron chi connectivity index (χ2n) is 8.52. The number of hydrogen-bond donors (Lipinski definition) is 2. The molecule has 3 aromatic rings. The summed E-state index contributed by atoms with van der Waals surface area (Å²) < 4.78 is 6.60. The Morgan fingerprint density at radius 1 is 0.878 bits per heavy atom. The van der Waals surface area contributed by atoms with E-state index in [0.29, 0.717) is 6.42 Å². The van der Waals surface area contributed by atoms with E-state index < -0.39 is 0 Å². The van der Waals surface area contributed by atoms with Crippen LogP contribution in [0.5, 0.6) is 0 Å². The van der Waals surface area contributed by atoms with E-state index >= 15 is 0 Å². The number of ether oxygens (including phenoxy) is 1. The van der Waals surface area contributed by atoms with Gasteiger partial charge in [0.25, 0.3) is 0 Å². The number of carbonyl (C=O) groups excluding carboxylic acids is 1. The normalized spacial score (nSPS) is 10.0. The van der Waals surface area contributed by atoms with Gasteiger partial charge < -0.3 is 14.8 Å². The Labute approximate surface area is 251 Å². The lowest BCUT2D eigenvalue weighted by molar-refractivity contribution is -0.140. The van der Waals surface area contributed by atoms with Gasteiger partial charge in [-0.25, -0.2) is 0 Å². The minimum Gasteiger partial charge on any atom is -0.469 e. The molecule has 0 saturated carbocycles. The van der Waals surface area contributed by atoms with Crippen LogP contribution in [-0.4, -0.2) is 50.7 Å². The number of methoxy groups -OCH3 is 1. The Kier molecular flexibility index (Phi) is 26.5. The van der Waals surface area contributed by atoms with E-state index in [4.69, 9.17) is 0 Å². The quantitative estimate of drug-likeness (QED) is 0.0935. The lowest BCUT2D eigenvalue weighted by atomic mass is 10.2. The molecule has 1 heterocycles. The zero-order valence-corrected chi connectivity index (χ0v) is 26.6. The molecule has 10 heteroatoms. The number of hydrazine groups is 1. The average molecular weight is 589 g/mol. The van der Waals surface area contributed by atoms with Crippen molar-refractivity contribution in [3.63, 3.8) is 0 Å². The fourth-order valence-electron chi connectivity index (χ4n) is 3.46. The molecule has 0 saturated heterocycles. The number of carbonyl (C=O) groups is 1. The van der Waals surface area contributed by atoms with Gasteiger partial charge in [0.15, 0.2) is 5.82 Å². The third-order valence-corrected chi connectivity index (χ3v) is 6.17. The molecule has 0 atom stereocenters. The molecular weight excluding hydrogens is 536 g/mol. The molecule has 41 heavy (non-hydrogen) atoms. The first kappa shape index (κ1) is 40.1. The minimum absolute atomic E-state index is 0. The summed E-state index contributed by atoms with van der Waals surface area (Å²) in [6, 6.07) is 20.7. The van der Waals surface area contributed by atoms with E-state index in [-0.39, 0.29) is 11.4 Å². The SMILES string of the molecule is CCCC(=O)OC.CCCN=C(SCC)c1ccccc1.CCCc1nnc(-c2ccccc2)n1CCC.NN.O. The first-order valence-corrected chi connectivity index (χ1v) is 15.1. The van der Waals surface area contributed by atoms with E-state index in [2.05, 4.69) is 100 Å². The van der Waals surface area contributed by atoms with Crippen LogP contribution in [0, 0.1) is 0 Å². The predicted octanol–water partition coefficient (Wildman–Crippen LogP) is 5.86. The summed E-state index contributed by atoms with van der Waals surface area (Å²) in [5, 5.41) is 9.83. The molecule has 0 bridgehead atoms. The number of aliphatic imine (C=N–C) groups is 1. The fraction of sp³-hybridized carbons (Fsp3) is 0.484. The molecule has 0 fully saturated rings. The second-order valence-corrected chi connectivity index (χ2v) is 9.77. The van der Waals surface area contributed by atoms with Crippen LogP contribution in [0.4, 0.5) is 0 Å². The van der Waals surface area contributed by atoms with Gasteiger partial charge in [0.05, 0.1) is 12.2 Å². The van der Waals surface area contributed by atoms with Gasteiger partial charge in [-0.2, -0.15) is 0 Å². The zero-order chi connectivity index (χ0) is 30.0. The first-order valence-electron chi connectivity index (χ1n) is 14.2. The number of nitrogens with zero attached hydrogens (tertiary/aromatic N) is 4. The van der Waals surface area contributed by atoms with E-state index in [1.807, 2.05) is 43.0 Å². The highest BCUT2D eigenvalue weighted by molar-refractivity contribution is 8.14. The highest BCUT2D eigenvalue weighted by atomic mass is 32.2. The maximum atomic E-state index is 10.2. The average Bonchev–Trinajstić information content (AvgIpc) is 3.40.